The van der Waals surface area contributed by atoms with Crippen molar-refractivity contribution in [3.8, 4) is 0 Å². The summed E-state index contributed by atoms with van der Waals surface area (Å²) in [7, 11) is 0. The van der Waals surface area contributed by atoms with Crippen LogP contribution in [-0.4, -0.2) is 73.7 Å². The van der Waals surface area contributed by atoms with Crippen molar-refractivity contribution < 1.29 is 24.3 Å². The van der Waals surface area contributed by atoms with Crippen LogP contribution in [0.15, 0.2) is 91.4 Å². The number of aromatic amines is 3. The minimum Gasteiger partial charge on any atom is -0.480 e. The molecule has 4 atom stereocenters. The highest BCUT2D eigenvalue weighted by Gasteiger charge is 2.32. The van der Waals surface area contributed by atoms with E-state index in [1.165, 1.54) is 0 Å². The second-order valence-corrected chi connectivity index (χ2v) is 12.4. The summed E-state index contributed by atoms with van der Waals surface area (Å²) in [5, 5.41) is 21.0. The molecule has 13 heteroatoms. The average molecular weight is 680 g/mol. The highest BCUT2D eigenvalue weighted by Crippen LogP contribution is 2.22. The Kier molecular flexibility index (Phi) is 10.0. The number of carbonyl (C=O) groups excluding carboxylic acids is 3. The summed E-state index contributed by atoms with van der Waals surface area (Å²) < 4.78 is 0. The van der Waals surface area contributed by atoms with Crippen LogP contribution in [0.5, 0.6) is 0 Å². The maximum Gasteiger partial charge on any atom is 0.326 e. The van der Waals surface area contributed by atoms with Crippen molar-refractivity contribution in [2.45, 2.75) is 43.4 Å². The lowest BCUT2D eigenvalue weighted by Gasteiger charge is -2.25. The van der Waals surface area contributed by atoms with Gasteiger partial charge >= 0.3 is 5.97 Å². The molecule has 9 N–H and O–H groups in total. The molecule has 12 nitrogen and oxygen atoms in total. The summed E-state index contributed by atoms with van der Waals surface area (Å²) in [5.74, 6) is -3.05. The molecule has 6 aromatic rings. The fraction of sp³-hybridized carbons (Fsp3) is 0.222. The van der Waals surface area contributed by atoms with Crippen LogP contribution in [0, 0.1) is 0 Å². The molecule has 0 saturated heterocycles. The predicted octanol–water partition coefficient (Wildman–Crippen LogP) is 2.95. The van der Waals surface area contributed by atoms with Gasteiger partial charge in [-0.2, -0.15) is 12.6 Å². The van der Waals surface area contributed by atoms with Crippen LogP contribution in [0.3, 0.4) is 0 Å². The highest BCUT2D eigenvalue weighted by atomic mass is 32.1. The topological polar surface area (TPSA) is 198 Å². The molecule has 0 radical (unpaired) electrons. The molecular formula is C36H37N7O5S. The van der Waals surface area contributed by atoms with Crippen LogP contribution >= 0.6 is 12.6 Å². The molecule has 252 valence electrons. The number of fused-ring (bicyclic) bond motifs is 3. The van der Waals surface area contributed by atoms with Crippen molar-refractivity contribution in [2.24, 2.45) is 5.73 Å². The van der Waals surface area contributed by atoms with Gasteiger partial charge in [-0.15, -0.1) is 0 Å². The number of nitrogens with one attached hydrogen (secondary N) is 6. The predicted molar refractivity (Wildman–Crippen MR) is 191 cm³/mol. The molecule has 0 spiro atoms. The van der Waals surface area contributed by atoms with Crippen LogP contribution in [0.2, 0.25) is 0 Å². The van der Waals surface area contributed by atoms with E-state index in [1.54, 1.807) is 18.6 Å². The van der Waals surface area contributed by atoms with Crippen LogP contribution < -0.4 is 21.7 Å². The molecule has 0 bridgehead atoms. The first-order valence-corrected chi connectivity index (χ1v) is 16.5. The van der Waals surface area contributed by atoms with E-state index in [0.717, 1.165) is 49.4 Å². The third kappa shape index (κ3) is 7.47. The maximum absolute atomic E-state index is 14.1. The second-order valence-electron chi connectivity index (χ2n) is 12.0. The van der Waals surface area contributed by atoms with Gasteiger partial charge in [0.1, 0.15) is 18.1 Å². The quantitative estimate of drug-likeness (QED) is 0.0793. The Morgan fingerprint density at radius 3 is 1.33 bits per heavy atom. The van der Waals surface area contributed by atoms with Crippen molar-refractivity contribution in [3.05, 3.63) is 108 Å². The van der Waals surface area contributed by atoms with E-state index >= 15 is 0 Å². The van der Waals surface area contributed by atoms with Crippen molar-refractivity contribution >= 4 is 69.0 Å². The van der Waals surface area contributed by atoms with Gasteiger partial charge < -0.3 is 41.7 Å². The summed E-state index contributed by atoms with van der Waals surface area (Å²) in [4.78, 5) is 63.0. The van der Waals surface area contributed by atoms with Gasteiger partial charge in [-0.25, -0.2) is 4.79 Å². The number of carboxylic acids is 1. The van der Waals surface area contributed by atoms with Crippen LogP contribution in [0.1, 0.15) is 16.7 Å². The number of aromatic nitrogens is 3. The van der Waals surface area contributed by atoms with Crippen LogP contribution in [0.4, 0.5) is 0 Å². The van der Waals surface area contributed by atoms with Crippen LogP contribution in [-0.2, 0) is 38.4 Å². The minimum absolute atomic E-state index is 0.0136. The first-order valence-electron chi connectivity index (χ1n) is 15.9. The van der Waals surface area contributed by atoms with Gasteiger partial charge in [-0.1, -0.05) is 54.6 Å². The normalized spacial score (nSPS) is 13.9. The number of aliphatic carboxylic acids is 1. The van der Waals surface area contributed by atoms with Crippen molar-refractivity contribution in [2.75, 3.05) is 5.75 Å². The number of rotatable bonds is 14. The lowest BCUT2D eigenvalue weighted by Crippen LogP contribution is -2.58. The maximum atomic E-state index is 14.1. The van der Waals surface area contributed by atoms with E-state index in [0.29, 0.717) is 0 Å². The van der Waals surface area contributed by atoms with Crippen molar-refractivity contribution in [1.82, 2.24) is 30.9 Å². The standard InChI is InChI=1S/C36H37N7O5S/c37-26(19-49)33(44)41-30(13-20-16-38-27-10-4-1-7-23(20)27)34(45)42-31(14-21-17-39-28-11-5-2-8-24(21)28)35(46)43-32(36(47)48)15-22-18-40-29-12-6-3-9-25(22)29/h1-12,16-18,26,30-32,38-40,49H,13-15,19,37H2,(H,41,44)(H,42,45)(H,43,46)(H,47,48)/t26-,30-,31-,32-/m0/s1. The zero-order valence-electron chi connectivity index (χ0n) is 26.4. The van der Waals surface area contributed by atoms with Gasteiger partial charge in [0.25, 0.3) is 0 Å². The molecule has 0 aliphatic heterocycles. The number of amides is 3. The van der Waals surface area contributed by atoms with Gasteiger partial charge in [0.2, 0.25) is 17.7 Å². The van der Waals surface area contributed by atoms with Crippen molar-refractivity contribution in [3.63, 3.8) is 0 Å². The SMILES string of the molecule is N[C@@H](CS)C(=O)N[C@@H](Cc1c[nH]c2ccccc12)C(=O)N[C@@H](Cc1c[nH]c2ccccc12)C(=O)N[C@@H](Cc1c[nH]c2ccccc12)C(=O)O. The molecule has 3 aromatic carbocycles. The summed E-state index contributed by atoms with van der Waals surface area (Å²) in [5.41, 5.74) is 10.7. The molecule has 0 aliphatic rings. The first kappa shape index (κ1) is 33.4. The third-order valence-electron chi connectivity index (χ3n) is 8.71. The lowest BCUT2D eigenvalue weighted by molar-refractivity contribution is -0.142. The van der Waals surface area contributed by atoms with Gasteiger partial charge in [-0.05, 0) is 34.9 Å². The molecule has 0 unspecified atom stereocenters. The number of carbonyl (C=O) groups is 4. The van der Waals surface area contributed by atoms with Crippen molar-refractivity contribution in [1.29, 1.82) is 0 Å². The molecule has 0 aliphatic carbocycles. The molecule has 0 fully saturated rings. The van der Waals surface area contributed by atoms with E-state index < -0.39 is 47.9 Å². The Hall–Kier alpha value is -5.53. The van der Waals surface area contributed by atoms with Gasteiger partial charge in [-0.3, -0.25) is 14.4 Å². The van der Waals surface area contributed by atoms with Crippen LogP contribution in [0.25, 0.3) is 32.7 Å². The Morgan fingerprint density at radius 1 is 0.592 bits per heavy atom. The van der Waals surface area contributed by atoms with Gasteiger partial charge in [0, 0.05) is 76.3 Å². The molecule has 3 heterocycles. The number of carboxylic acid groups (broad SMARTS) is 1. The fourth-order valence-electron chi connectivity index (χ4n) is 6.09. The summed E-state index contributed by atoms with van der Waals surface area (Å²) in [6, 6.07) is 18.0. The second kappa shape index (κ2) is 14.7. The number of benzene rings is 3. The molecule has 0 saturated carbocycles. The molecule has 3 amide bonds. The molecular weight excluding hydrogens is 643 g/mol. The number of hydrogen-bond donors (Lipinski definition) is 9. The minimum atomic E-state index is -1.29. The smallest absolute Gasteiger partial charge is 0.326 e. The summed E-state index contributed by atoms with van der Waals surface area (Å²) >= 11 is 4.13. The Balaban J connectivity index is 1.29. The van der Waals surface area contributed by atoms with Gasteiger partial charge in [0.15, 0.2) is 0 Å². The van der Waals surface area contributed by atoms with E-state index in [4.69, 9.17) is 5.73 Å². The third-order valence-corrected chi connectivity index (χ3v) is 9.10. The van der Waals surface area contributed by atoms with Gasteiger partial charge in [0.05, 0.1) is 6.04 Å². The monoisotopic (exact) mass is 679 g/mol. The molecule has 6 rings (SSSR count). The van der Waals surface area contributed by atoms with E-state index in [1.807, 2.05) is 72.8 Å². The van der Waals surface area contributed by atoms with E-state index in [9.17, 15) is 24.3 Å². The highest BCUT2D eigenvalue weighted by molar-refractivity contribution is 7.80. The Morgan fingerprint density at radius 2 is 0.939 bits per heavy atom. The largest absolute Gasteiger partial charge is 0.480 e. The number of thiol groups is 1. The van der Waals surface area contributed by atoms with E-state index in [2.05, 4.69) is 43.5 Å². The zero-order chi connectivity index (χ0) is 34.5. The molecule has 3 aromatic heterocycles. The first-order chi connectivity index (χ1) is 23.7. The number of H-pyrrole nitrogens is 3. The summed E-state index contributed by atoms with van der Waals surface area (Å²) in [6.45, 7) is 0. The van der Waals surface area contributed by atoms with E-state index in [-0.39, 0.29) is 25.0 Å². The zero-order valence-corrected chi connectivity index (χ0v) is 27.3. The Bertz CT molecular complexity index is 2140. The fourth-order valence-corrected chi connectivity index (χ4v) is 6.25. The average Bonchev–Trinajstić information content (AvgIpc) is 3.84. The summed E-state index contributed by atoms with van der Waals surface area (Å²) in [6.07, 6.45) is 5.42. The number of hydrogen-bond acceptors (Lipinski definition) is 6. The lowest BCUT2D eigenvalue weighted by atomic mass is 10.0. The number of nitrogens with two attached hydrogens (primary N) is 1. The Labute approximate surface area is 286 Å². The number of para-hydroxylation sites is 3. The molecule has 49 heavy (non-hydrogen) atoms.